The minimum Gasteiger partial charge on any atom is -0.378 e. The Morgan fingerprint density at radius 2 is 2.06 bits per heavy atom. The first-order chi connectivity index (χ1) is 7.95. The third kappa shape index (κ3) is 1.86. The molecule has 0 unspecified atom stereocenters. The highest BCUT2D eigenvalue weighted by Crippen LogP contribution is 2.27. The number of nitrogens with one attached hydrogen (secondary N) is 1. The van der Waals surface area contributed by atoms with Crippen molar-refractivity contribution in [3.05, 3.63) is 35.9 Å². The van der Waals surface area contributed by atoms with Gasteiger partial charge in [-0.15, -0.1) is 0 Å². The summed E-state index contributed by atoms with van der Waals surface area (Å²) in [6, 6.07) is 11.7. The van der Waals surface area contributed by atoms with E-state index in [1.165, 1.54) is 5.56 Å². The summed E-state index contributed by atoms with van der Waals surface area (Å²) in [6.45, 7) is 4.99. The maximum Gasteiger partial charge on any atom is 0.0664 e. The molecular weight excluding hydrogens is 200 g/mol. The summed E-state index contributed by atoms with van der Waals surface area (Å²) in [7, 11) is 0. The summed E-state index contributed by atoms with van der Waals surface area (Å²) < 4.78 is 5.72. The predicted molar refractivity (Wildman–Crippen MR) is 63.4 cm³/mol. The standard InChI is InChI=1S/C13H18N2O/c1-2-4-11(5-3-1)13-10-16-9-12-8-14-6-7-15(12)13/h1-5,12-14H,6-10H2/t12-,13-/m1/s1. The fraction of sp³-hybridized carbons (Fsp3) is 0.538. The van der Waals surface area contributed by atoms with Crippen LogP contribution in [-0.4, -0.2) is 43.8 Å². The molecule has 2 aliphatic heterocycles. The van der Waals surface area contributed by atoms with Gasteiger partial charge in [-0.3, -0.25) is 4.90 Å². The second-order valence-electron chi connectivity index (χ2n) is 4.56. The van der Waals surface area contributed by atoms with Crippen molar-refractivity contribution >= 4 is 0 Å². The lowest BCUT2D eigenvalue weighted by molar-refractivity contribution is -0.0593. The molecule has 1 aromatic carbocycles. The van der Waals surface area contributed by atoms with Gasteiger partial charge in [-0.2, -0.15) is 0 Å². The molecule has 0 spiro atoms. The molecule has 3 rings (SSSR count). The van der Waals surface area contributed by atoms with Gasteiger partial charge in [0, 0.05) is 25.7 Å². The second-order valence-corrected chi connectivity index (χ2v) is 4.56. The molecule has 3 heteroatoms. The Kier molecular flexibility index (Phi) is 2.91. The van der Waals surface area contributed by atoms with Crippen LogP contribution in [-0.2, 0) is 4.74 Å². The fourth-order valence-corrected chi connectivity index (χ4v) is 2.72. The molecule has 0 bridgehead atoms. The van der Waals surface area contributed by atoms with Crippen LogP contribution in [0, 0.1) is 0 Å². The first-order valence-corrected chi connectivity index (χ1v) is 6.04. The highest BCUT2D eigenvalue weighted by atomic mass is 16.5. The number of nitrogens with zero attached hydrogens (tertiary/aromatic N) is 1. The Hall–Kier alpha value is -0.900. The van der Waals surface area contributed by atoms with E-state index in [0.29, 0.717) is 12.1 Å². The summed E-state index contributed by atoms with van der Waals surface area (Å²) in [5.41, 5.74) is 1.38. The van der Waals surface area contributed by atoms with Gasteiger partial charge in [-0.25, -0.2) is 0 Å². The molecule has 0 saturated carbocycles. The number of piperazine rings is 1. The summed E-state index contributed by atoms with van der Waals surface area (Å²) >= 11 is 0. The highest BCUT2D eigenvalue weighted by molar-refractivity contribution is 5.20. The van der Waals surface area contributed by atoms with Crippen LogP contribution in [0.5, 0.6) is 0 Å². The first kappa shape index (κ1) is 10.3. The minimum atomic E-state index is 0.446. The zero-order valence-electron chi connectivity index (χ0n) is 9.43. The molecule has 0 amide bonds. The normalized spacial score (nSPS) is 31.0. The fourth-order valence-electron chi connectivity index (χ4n) is 2.72. The van der Waals surface area contributed by atoms with Crippen molar-refractivity contribution in [1.29, 1.82) is 0 Å². The monoisotopic (exact) mass is 218 g/mol. The molecule has 0 radical (unpaired) electrons. The number of hydrogen-bond donors (Lipinski definition) is 1. The van der Waals surface area contributed by atoms with Gasteiger partial charge in [0.2, 0.25) is 0 Å². The third-order valence-electron chi connectivity index (χ3n) is 3.57. The Morgan fingerprint density at radius 1 is 1.19 bits per heavy atom. The lowest BCUT2D eigenvalue weighted by Crippen LogP contribution is -2.57. The average molecular weight is 218 g/mol. The minimum absolute atomic E-state index is 0.446. The van der Waals surface area contributed by atoms with Crippen molar-refractivity contribution in [3.63, 3.8) is 0 Å². The van der Waals surface area contributed by atoms with Crippen LogP contribution in [0.1, 0.15) is 11.6 Å². The molecule has 2 aliphatic rings. The zero-order valence-corrected chi connectivity index (χ0v) is 9.43. The van der Waals surface area contributed by atoms with Gasteiger partial charge in [-0.1, -0.05) is 30.3 Å². The average Bonchev–Trinajstić information content (AvgIpc) is 2.39. The van der Waals surface area contributed by atoms with Crippen LogP contribution >= 0.6 is 0 Å². The molecule has 2 heterocycles. The van der Waals surface area contributed by atoms with E-state index in [2.05, 4.69) is 40.5 Å². The number of morpholine rings is 1. The number of benzene rings is 1. The zero-order chi connectivity index (χ0) is 10.8. The van der Waals surface area contributed by atoms with Gasteiger partial charge in [-0.05, 0) is 5.56 Å². The molecule has 2 saturated heterocycles. The lowest BCUT2D eigenvalue weighted by Gasteiger charge is -2.45. The highest BCUT2D eigenvalue weighted by Gasteiger charge is 2.33. The SMILES string of the molecule is c1ccc([C@H]2COC[C@H]3CNCCN32)cc1. The lowest BCUT2D eigenvalue weighted by atomic mass is 10.0. The van der Waals surface area contributed by atoms with Crippen LogP contribution in [0.2, 0.25) is 0 Å². The van der Waals surface area contributed by atoms with E-state index in [1.54, 1.807) is 0 Å². The van der Waals surface area contributed by atoms with E-state index in [-0.39, 0.29) is 0 Å². The van der Waals surface area contributed by atoms with E-state index in [4.69, 9.17) is 4.74 Å². The maximum absolute atomic E-state index is 5.72. The Labute approximate surface area is 96.4 Å². The van der Waals surface area contributed by atoms with Crippen molar-refractivity contribution < 1.29 is 4.74 Å². The van der Waals surface area contributed by atoms with Crippen LogP contribution in [0.15, 0.2) is 30.3 Å². The van der Waals surface area contributed by atoms with Gasteiger partial charge < -0.3 is 10.1 Å². The number of fused-ring (bicyclic) bond motifs is 1. The van der Waals surface area contributed by atoms with Gasteiger partial charge in [0.1, 0.15) is 0 Å². The first-order valence-electron chi connectivity index (χ1n) is 6.04. The number of hydrogen-bond acceptors (Lipinski definition) is 3. The third-order valence-corrected chi connectivity index (χ3v) is 3.57. The van der Waals surface area contributed by atoms with Crippen LogP contribution in [0.4, 0.5) is 0 Å². The van der Waals surface area contributed by atoms with Gasteiger partial charge in [0.05, 0.1) is 19.3 Å². The maximum atomic E-state index is 5.72. The van der Waals surface area contributed by atoms with E-state index in [9.17, 15) is 0 Å². The van der Waals surface area contributed by atoms with Gasteiger partial charge in [0.15, 0.2) is 0 Å². The molecule has 1 aromatic rings. The summed E-state index contributed by atoms with van der Waals surface area (Å²) in [5, 5.41) is 3.43. The molecule has 2 atom stereocenters. The quantitative estimate of drug-likeness (QED) is 0.762. The molecule has 0 aliphatic carbocycles. The largest absolute Gasteiger partial charge is 0.378 e. The number of rotatable bonds is 1. The van der Waals surface area contributed by atoms with Crippen LogP contribution < -0.4 is 5.32 Å². The molecule has 16 heavy (non-hydrogen) atoms. The molecule has 3 nitrogen and oxygen atoms in total. The molecule has 86 valence electrons. The predicted octanol–water partition coefficient (Wildman–Crippen LogP) is 1.03. The molecule has 1 N–H and O–H groups in total. The van der Waals surface area contributed by atoms with E-state index < -0.39 is 0 Å². The summed E-state index contributed by atoms with van der Waals surface area (Å²) in [5.74, 6) is 0. The van der Waals surface area contributed by atoms with E-state index in [1.807, 2.05) is 0 Å². The van der Waals surface area contributed by atoms with Crippen molar-refractivity contribution in [1.82, 2.24) is 10.2 Å². The topological polar surface area (TPSA) is 24.5 Å². The van der Waals surface area contributed by atoms with Crippen LogP contribution in [0.3, 0.4) is 0 Å². The van der Waals surface area contributed by atoms with Crippen molar-refractivity contribution in [2.75, 3.05) is 32.8 Å². The molecule has 0 aromatic heterocycles. The van der Waals surface area contributed by atoms with Crippen molar-refractivity contribution in [2.45, 2.75) is 12.1 Å². The Morgan fingerprint density at radius 3 is 2.94 bits per heavy atom. The van der Waals surface area contributed by atoms with E-state index >= 15 is 0 Å². The second kappa shape index (κ2) is 4.53. The van der Waals surface area contributed by atoms with Gasteiger partial charge >= 0.3 is 0 Å². The smallest absolute Gasteiger partial charge is 0.0664 e. The van der Waals surface area contributed by atoms with Gasteiger partial charge in [0.25, 0.3) is 0 Å². The summed E-state index contributed by atoms with van der Waals surface area (Å²) in [6.07, 6.45) is 0. The Balaban J connectivity index is 1.83. The van der Waals surface area contributed by atoms with Crippen LogP contribution in [0.25, 0.3) is 0 Å². The van der Waals surface area contributed by atoms with Crippen molar-refractivity contribution in [3.8, 4) is 0 Å². The number of ether oxygens (including phenoxy) is 1. The summed E-state index contributed by atoms with van der Waals surface area (Å²) in [4.78, 5) is 2.59. The van der Waals surface area contributed by atoms with Crippen molar-refractivity contribution in [2.24, 2.45) is 0 Å². The Bertz CT molecular complexity index is 339. The molecule has 2 fully saturated rings. The molecular formula is C13H18N2O. The van der Waals surface area contributed by atoms with E-state index in [0.717, 1.165) is 32.8 Å².